The Morgan fingerprint density at radius 3 is 2.59 bits per heavy atom. The monoisotopic (exact) mass is 407 g/mol. The van der Waals surface area contributed by atoms with Crippen LogP contribution in [-0.2, 0) is 9.53 Å². The Morgan fingerprint density at radius 1 is 1.22 bits per heavy atom. The number of allylic oxidation sites excluding steroid dienone is 3. The number of rotatable bonds is 6. The van der Waals surface area contributed by atoms with Crippen molar-refractivity contribution in [2.45, 2.75) is 26.3 Å². The maximum absolute atomic E-state index is 12.5. The summed E-state index contributed by atoms with van der Waals surface area (Å²) in [5, 5.41) is 3.28. The topological polar surface area (TPSA) is 47.6 Å². The molecule has 3 unspecified atom stereocenters. The number of para-hydroxylation sites is 1. The Hall–Kier alpha value is -1.91. The van der Waals surface area contributed by atoms with E-state index in [1.54, 1.807) is 6.08 Å². The van der Waals surface area contributed by atoms with Crippen LogP contribution >= 0.6 is 23.2 Å². The molecule has 0 spiro atoms. The van der Waals surface area contributed by atoms with Gasteiger partial charge in [-0.2, -0.15) is 0 Å². The summed E-state index contributed by atoms with van der Waals surface area (Å²) in [6.45, 7) is 6.15. The number of nitrogens with one attached hydrogen (secondary N) is 1. The second-order valence-electron chi connectivity index (χ2n) is 7.74. The minimum atomic E-state index is -0.553. The smallest absolute Gasteiger partial charge is 0.310 e. The van der Waals surface area contributed by atoms with Crippen LogP contribution in [0.2, 0.25) is 0 Å². The first kappa shape index (κ1) is 19.8. The number of esters is 1. The van der Waals surface area contributed by atoms with Gasteiger partial charge < -0.3 is 14.8 Å². The zero-order valence-electron chi connectivity index (χ0n) is 15.5. The van der Waals surface area contributed by atoms with Gasteiger partial charge in [0.05, 0.1) is 11.5 Å². The molecule has 1 aliphatic heterocycles. The Labute approximate surface area is 169 Å². The molecule has 3 rings (SSSR count). The van der Waals surface area contributed by atoms with Crippen molar-refractivity contribution in [3.8, 4) is 5.75 Å². The van der Waals surface area contributed by atoms with Gasteiger partial charge in [-0.15, -0.1) is 0 Å². The molecule has 6 heteroatoms. The van der Waals surface area contributed by atoms with Crippen LogP contribution < -0.4 is 10.1 Å². The van der Waals surface area contributed by atoms with Crippen LogP contribution in [0.1, 0.15) is 20.8 Å². The summed E-state index contributed by atoms with van der Waals surface area (Å²) in [6.07, 6.45) is 7.39. The van der Waals surface area contributed by atoms with Crippen molar-refractivity contribution in [2.24, 2.45) is 17.3 Å². The van der Waals surface area contributed by atoms with Crippen LogP contribution in [0, 0.1) is 17.3 Å². The van der Waals surface area contributed by atoms with E-state index in [1.165, 1.54) is 0 Å². The first-order valence-electron chi connectivity index (χ1n) is 8.81. The predicted octanol–water partition coefficient (Wildman–Crippen LogP) is 4.96. The number of dihydropyridines is 1. The number of hydrogen-bond donors (Lipinski definition) is 1. The Balaban J connectivity index is 1.57. The van der Waals surface area contributed by atoms with Crippen molar-refractivity contribution in [3.63, 3.8) is 0 Å². The molecule has 1 N–H and O–H groups in total. The van der Waals surface area contributed by atoms with Crippen molar-refractivity contribution in [1.29, 1.82) is 0 Å². The Bertz CT molecular complexity index is 797. The minimum Gasteiger partial charge on any atom is -0.463 e. The molecule has 0 saturated heterocycles. The largest absolute Gasteiger partial charge is 0.463 e. The molecule has 1 saturated carbocycles. The van der Waals surface area contributed by atoms with Gasteiger partial charge in [0.15, 0.2) is 5.88 Å². The lowest BCUT2D eigenvalue weighted by Gasteiger charge is -2.31. The van der Waals surface area contributed by atoms with Gasteiger partial charge in [-0.3, -0.25) is 4.79 Å². The maximum Gasteiger partial charge on any atom is 0.310 e. The van der Waals surface area contributed by atoms with E-state index in [4.69, 9.17) is 32.7 Å². The van der Waals surface area contributed by atoms with Gasteiger partial charge in [-0.05, 0) is 42.5 Å². The summed E-state index contributed by atoms with van der Waals surface area (Å²) in [4.78, 5) is 12.5. The van der Waals surface area contributed by atoms with Crippen LogP contribution in [-0.4, -0.2) is 18.1 Å². The molecule has 0 bridgehead atoms. The zero-order valence-corrected chi connectivity index (χ0v) is 17.1. The normalized spacial score (nSPS) is 27.8. The molecule has 0 aromatic heterocycles. The van der Waals surface area contributed by atoms with Gasteiger partial charge in [0.2, 0.25) is 0 Å². The van der Waals surface area contributed by atoms with E-state index in [2.05, 4.69) is 5.32 Å². The molecule has 1 aliphatic carbocycles. The lowest BCUT2D eigenvalue weighted by Crippen LogP contribution is -2.47. The van der Waals surface area contributed by atoms with Crippen LogP contribution in [0.4, 0.5) is 0 Å². The molecule has 0 amide bonds. The van der Waals surface area contributed by atoms with Gasteiger partial charge in [0.1, 0.15) is 16.8 Å². The van der Waals surface area contributed by atoms with Gasteiger partial charge >= 0.3 is 5.97 Å². The average Bonchev–Trinajstić information content (AvgIpc) is 3.13. The summed E-state index contributed by atoms with van der Waals surface area (Å²) in [5.74, 6) is 0.848. The van der Waals surface area contributed by atoms with Gasteiger partial charge in [0, 0.05) is 0 Å². The van der Waals surface area contributed by atoms with E-state index in [0.717, 1.165) is 5.75 Å². The van der Waals surface area contributed by atoms with Crippen molar-refractivity contribution in [3.05, 3.63) is 65.0 Å². The van der Waals surface area contributed by atoms with E-state index in [0.29, 0.717) is 5.88 Å². The van der Waals surface area contributed by atoms with Crippen molar-refractivity contribution >= 4 is 29.2 Å². The SMILES string of the molecule is CC1(COC(=O)C2C(C=C(Cl)Cl)C2(C)C)C=CC=C(Oc2ccccc2)N1. The number of halogens is 2. The van der Waals surface area contributed by atoms with Crippen molar-refractivity contribution < 1.29 is 14.3 Å². The molecule has 2 aliphatic rings. The second kappa shape index (κ2) is 7.61. The van der Waals surface area contributed by atoms with Crippen molar-refractivity contribution in [1.82, 2.24) is 5.32 Å². The quantitative estimate of drug-likeness (QED) is 0.676. The fourth-order valence-corrected chi connectivity index (χ4v) is 3.63. The van der Waals surface area contributed by atoms with Crippen LogP contribution in [0.5, 0.6) is 5.75 Å². The number of ether oxygens (including phenoxy) is 2. The molecule has 27 heavy (non-hydrogen) atoms. The fourth-order valence-electron chi connectivity index (χ4n) is 3.36. The first-order chi connectivity index (χ1) is 12.7. The molecule has 1 fully saturated rings. The highest BCUT2D eigenvalue weighted by Crippen LogP contribution is 2.60. The summed E-state index contributed by atoms with van der Waals surface area (Å²) in [7, 11) is 0. The number of carbonyl (C=O) groups excluding carboxylic acids is 1. The summed E-state index contributed by atoms with van der Waals surface area (Å²) in [5.41, 5.74) is -0.757. The average molecular weight is 408 g/mol. The van der Waals surface area contributed by atoms with Gasteiger partial charge in [0.25, 0.3) is 0 Å². The van der Waals surface area contributed by atoms with Gasteiger partial charge in [-0.25, -0.2) is 0 Å². The van der Waals surface area contributed by atoms with E-state index in [9.17, 15) is 4.79 Å². The molecule has 1 aromatic carbocycles. The number of benzene rings is 1. The first-order valence-corrected chi connectivity index (χ1v) is 9.57. The molecular weight excluding hydrogens is 385 g/mol. The predicted molar refractivity (Wildman–Crippen MR) is 107 cm³/mol. The lowest BCUT2D eigenvalue weighted by molar-refractivity contribution is -0.147. The van der Waals surface area contributed by atoms with E-state index in [1.807, 2.05) is 69.3 Å². The van der Waals surface area contributed by atoms with E-state index in [-0.39, 0.29) is 34.3 Å². The lowest BCUT2D eigenvalue weighted by atomic mass is 10.0. The molecular formula is C21H23Cl2NO3. The molecule has 0 radical (unpaired) electrons. The van der Waals surface area contributed by atoms with Crippen molar-refractivity contribution in [2.75, 3.05) is 6.61 Å². The van der Waals surface area contributed by atoms with Crippen LogP contribution in [0.25, 0.3) is 0 Å². The fraction of sp³-hybridized carbons (Fsp3) is 0.381. The Morgan fingerprint density at radius 2 is 1.93 bits per heavy atom. The van der Waals surface area contributed by atoms with E-state index < -0.39 is 5.54 Å². The third-order valence-corrected chi connectivity index (χ3v) is 5.33. The number of carbonyl (C=O) groups is 1. The minimum absolute atomic E-state index is 0.00506. The second-order valence-corrected chi connectivity index (χ2v) is 8.74. The summed E-state index contributed by atoms with van der Waals surface area (Å²) >= 11 is 11.5. The molecule has 4 nitrogen and oxygen atoms in total. The summed E-state index contributed by atoms with van der Waals surface area (Å²) < 4.78 is 11.6. The van der Waals surface area contributed by atoms with Crippen LogP contribution in [0.3, 0.4) is 0 Å². The van der Waals surface area contributed by atoms with Crippen LogP contribution in [0.15, 0.2) is 65.0 Å². The third-order valence-electron chi connectivity index (χ3n) is 5.08. The molecule has 144 valence electrons. The summed E-state index contributed by atoms with van der Waals surface area (Å²) in [6, 6.07) is 9.50. The molecule has 3 atom stereocenters. The maximum atomic E-state index is 12.5. The highest BCUT2D eigenvalue weighted by molar-refractivity contribution is 6.55. The highest BCUT2D eigenvalue weighted by atomic mass is 35.5. The Kier molecular flexibility index (Phi) is 5.59. The van der Waals surface area contributed by atoms with E-state index >= 15 is 0 Å². The standard InChI is InChI=1S/C21H23Cl2NO3/c1-20(2)15(12-16(22)23)18(20)19(25)26-13-21(3)11-7-10-17(24-21)27-14-8-5-4-6-9-14/h4-12,15,18,24H,13H2,1-3H3. The zero-order chi connectivity index (χ0) is 19.7. The third kappa shape index (κ3) is 4.69. The number of hydrogen-bond acceptors (Lipinski definition) is 4. The van der Waals surface area contributed by atoms with Gasteiger partial charge in [-0.1, -0.05) is 67.4 Å². The molecule has 1 heterocycles. The molecule has 1 aromatic rings. The highest BCUT2D eigenvalue weighted by Gasteiger charge is 2.61.